The Bertz CT molecular complexity index is 1080. The summed E-state index contributed by atoms with van der Waals surface area (Å²) in [5, 5.41) is 24.4. The molecule has 0 spiro atoms. The predicted octanol–water partition coefficient (Wildman–Crippen LogP) is 5.06. The van der Waals surface area contributed by atoms with Crippen LogP contribution in [0.1, 0.15) is 22.3 Å². The van der Waals surface area contributed by atoms with Gasteiger partial charge in [0.2, 0.25) is 0 Å². The Kier molecular flexibility index (Phi) is 6.64. The van der Waals surface area contributed by atoms with Gasteiger partial charge in [0.05, 0.1) is 6.61 Å². The lowest BCUT2D eigenvalue weighted by molar-refractivity contribution is -0.576. The molecule has 3 N–H and O–H groups in total. The number of aliphatic hydroxyl groups excluding tert-OH is 2. The van der Waals surface area contributed by atoms with Crippen molar-refractivity contribution in [3.05, 3.63) is 94.3 Å². The van der Waals surface area contributed by atoms with Crippen molar-refractivity contribution in [3.8, 4) is 0 Å². The number of hydrogen-bond acceptors (Lipinski definition) is 3. The maximum atomic E-state index is 11.2. The Morgan fingerprint density at radius 3 is 2.45 bits per heavy atom. The SMILES string of the molecule is Cc1ccc(/C(O)=C(/C(=S)Nc2ccc(Cl)cc2)[n+]2cccc(CO)c2)cc1C. The molecule has 0 aliphatic heterocycles. The zero-order valence-corrected chi connectivity index (χ0v) is 17.8. The van der Waals surface area contributed by atoms with E-state index in [-0.39, 0.29) is 12.4 Å². The van der Waals surface area contributed by atoms with Gasteiger partial charge in [0.1, 0.15) is 0 Å². The fraction of sp³-hybridized carbons (Fsp3) is 0.130. The minimum Gasteiger partial charge on any atom is -0.502 e. The highest BCUT2D eigenvalue weighted by Gasteiger charge is 2.24. The van der Waals surface area contributed by atoms with Crippen LogP contribution in [0.15, 0.2) is 67.0 Å². The summed E-state index contributed by atoms with van der Waals surface area (Å²) < 4.78 is 1.71. The predicted molar refractivity (Wildman–Crippen MR) is 122 cm³/mol. The van der Waals surface area contributed by atoms with Crippen molar-refractivity contribution < 1.29 is 14.8 Å². The van der Waals surface area contributed by atoms with Crippen molar-refractivity contribution >= 4 is 46.0 Å². The molecule has 0 unspecified atom stereocenters. The number of aromatic nitrogens is 1. The van der Waals surface area contributed by atoms with E-state index in [1.54, 1.807) is 41.2 Å². The Morgan fingerprint density at radius 2 is 1.79 bits per heavy atom. The summed E-state index contributed by atoms with van der Waals surface area (Å²) in [6.07, 6.45) is 3.52. The molecule has 0 aliphatic carbocycles. The first-order valence-electron chi connectivity index (χ1n) is 9.08. The fourth-order valence-electron chi connectivity index (χ4n) is 2.85. The highest BCUT2D eigenvalue weighted by atomic mass is 35.5. The normalized spacial score (nSPS) is 11.7. The van der Waals surface area contributed by atoms with Crippen LogP contribution in [0.3, 0.4) is 0 Å². The lowest BCUT2D eigenvalue weighted by Crippen LogP contribution is -2.39. The second-order valence-electron chi connectivity index (χ2n) is 6.73. The van der Waals surface area contributed by atoms with Gasteiger partial charge in [0.15, 0.2) is 23.1 Å². The number of pyridine rings is 1. The number of aliphatic hydroxyl groups is 2. The molecule has 2 aromatic carbocycles. The highest BCUT2D eigenvalue weighted by Crippen LogP contribution is 2.22. The zero-order valence-electron chi connectivity index (χ0n) is 16.2. The summed E-state index contributed by atoms with van der Waals surface area (Å²) in [5.74, 6) is 0.0413. The summed E-state index contributed by atoms with van der Waals surface area (Å²) in [4.78, 5) is 0.336. The second-order valence-corrected chi connectivity index (χ2v) is 7.58. The standard InChI is InChI=1S/C23H21ClN2O2S/c1-15-5-6-18(12-16(15)2)22(28)21(26-11-3-4-17(13-26)14-27)23(29)25-20-9-7-19(24)8-10-20/h3-13,27H,14H2,1-2H3,(H-,25,28,29)/p+1. The molecule has 1 aromatic heterocycles. The number of rotatable bonds is 5. The zero-order chi connectivity index (χ0) is 21.0. The first-order valence-corrected chi connectivity index (χ1v) is 9.87. The lowest BCUT2D eigenvalue weighted by atomic mass is 10.0. The molecule has 3 rings (SSSR count). The average Bonchev–Trinajstić information content (AvgIpc) is 2.72. The molecule has 0 saturated heterocycles. The highest BCUT2D eigenvalue weighted by molar-refractivity contribution is 7.81. The van der Waals surface area contributed by atoms with Crippen LogP contribution in [-0.2, 0) is 6.61 Å². The van der Waals surface area contributed by atoms with Crippen molar-refractivity contribution in [1.29, 1.82) is 0 Å². The summed E-state index contributed by atoms with van der Waals surface area (Å²) in [5.41, 5.74) is 4.73. The van der Waals surface area contributed by atoms with Gasteiger partial charge in [-0.25, -0.2) is 0 Å². The molecule has 0 aliphatic rings. The van der Waals surface area contributed by atoms with Crippen LogP contribution in [-0.4, -0.2) is 15.2 Å². The van der Waals surface area contributed by atoms with E-state index < -0.39 is 0 Å². The van der Waals surface area contributed by atoms with Gasteiger partial charge in [0.25, 0.3) is 5.70 Å². The number of halogens is 1. The van der Waals surface area contributed by atoms with Crippen molar-refractivity contribution in [3.63, 3.8) is 0 Å². The van der Waals surface area contributed by atoms with E-state index >= 15 is 0 Å². The van der Waals surface area contributed by atoms with Crippen molar-refractivity contribution in [1.82, 2.24) is 0 Å². The molecule has 0 bridgehead atoms. The number of anilines is 1. The van der Waals surface area contributed by atoms with E-state index in [1.165, 1.54) is 0 Å². The van der Waals surface area contributed by atoms with Gasteiger partial charge >= 0.3 is 0 Å². The number of hydrogen-bond donors (Lipinski definition) is 3. The third-order valence-corrected chi connectivity index (χ3v) is 5.17. The van der Waals surface area contributed by atoms with E-state index in [9.17, 15) is 10.2 Å². The number of nitrogens with zero attached hydrogens (tertiary/aromatic N) is 1. The van der Waals surface area contributed by atoms with Crippen molar-refractivity contribution in [2.24, 2.45) is 0 Å². The molecule has 1 heterocycles. The summed E-state index contributed by atoms with van der Waals surface area (Å²) >= 11 is 11.6. The third kappa shape index (κ3) is 5.01. The minimum absolute atomic E-state index is 0.0413. The van der Waals surface area contributed by atoms with Crippen LogP contribution in [0.2, 0.25) is 5.02 Å². The van der Waals surface area contributed by atoms with E-state index in [4.69, 9.17) is 23.8 Å². The van der Waals surface area contributed by atoms with Crippen molar-refractivity contribution in [2.75, 3.05) is 5.32 Å². The van der Waals surface area contributed by atoms with E-state index in [0.29, 0.717) is 26.8 Å². The van der Waals surface area contributed by atoms with Crippen LogP contribution < -0.4 is 9.88 Å². The van der Waals surface area contributed by atoms with Crippen LogP contribution in [0.5, 0.6) is 0 Å². The topological polar surface area (TPSA) is 56.4 Å². The Labute approximate surface area is 180 Å². The molecule has 148 valence electrons. The van der Waals surface area contributed by atoms with E-state index in [1.807, 2.05) is 44.2 Å². The molecular formula is C23H22ClN2O2S+. The van der Waals surface area contributed by atoms with Gasteiger partial charge in [0, 0.05) is 27.9 Å². The van der Waals surface area contributed by atoms with Crippen molar-refractivity contribution in [2.45, 2.75) is 20.5 Å². The molecule has 3 aromatic rings. The molecule has 6 heteroatoms. The second kappa shape index (κ2) is 9.18. The molecule has 0 amide bonds. The first-order chi connectivity index (χ1) is 13.9. The molecule has 0 fully saturated rings. The number of nitrogens with one attached hydrogen (secondary N) is 1. The van der Waals surface area contributed by atoms with Gasteiger partial charge < -0.3 is 15.5 Å². The molecule has 0 saturated carbocycles. The van der Waals surface area contributed by atoms with Gasteiger partial charge in [-0.3, -0.25) is 0 Å². The van der Waals surface area contributed by atoms with Crippen LogP contribution >= 0.6 is 23.8 Å². The average molecular weight is 426 g/mol. The van der Waals surface area contributed by atoms with Gasteiger partial charge in [-0.1, -0.05) is 36.0 Å². The van der Waals surface area contributed by atoms with Gasteiger partial charge in [-0.15, -0.1) is 0 Å². The lowest BCUT2D eigenvalue weighted by Gasteiger charge is -2.11. The third-order valence-electron chi connectivity index (χ3n) is 4.62. The maximum Gasteiger partial charge on any atom is 0.288 e. The van der Waals surface area contributed by atoms with Gasteiger partial charge in [-0.2, -0.15) is 4.57 Å². The van der Waals surface area contributed by atoms with Crippen LogP contribution in [0, 0.1) is 13.8 Å². The largest absolute Gasteiger partial charge is 0.502 e. The van der Waals surface area contributed by atoms with E-state index in [2.05, 4.69) is 5.32 Å². The monoisotopic (exact) mass is 425 g/mol. The smallest absolute Gasteiger partial charge is 0.288 e. The summed E-state index contributed by atoms with van der Waals surface area (Å²) in [6, 6.07) is 16.5. The molecule has 29 heavy (non-hydrogen) atoms. The van der Waals surface area contributed by atoms with Crippen LogP contribution in [0.25, 0.3) is 11.5 Å². The molecule has 0 radical (unpaired) electrons. The first kappa shape index (κ1) is 21.0. The number of thiocarbonyl (C=S) groups is 1. The summed E-state index contributed by atoms with van der Waals surface area (Å²) in [6.45, 7) is 3.90. The minimum atomic E-state index is -0.115. The fourth-order valence-corrected chi connectivity index (χ4v) is 3.30. The molecule has 4 nitrogen and oxygen atoms in total. The van der Waals surface area contributed by atoms with Gasteiger partial charge in [-0.05, 0) is 61.4 Å². The Hall–Kier alpha value is -2.73. The molecular weight excluding hydrogens is 404 g/mol. The maximum absolute atomic E-state index is 11.2. The number of aryl methyl sites for hydroxylation is 2. The Morgan fingerprint density at radius 1 is 1.07 bits per heavy atom. The summed E-state index contributed by atoms with van der Waals surface area (Å²) in [7, 11) is 0. The van der Waals surface area contributed by atoms with E-state index in [0.717, 1.165) is 16.8 Å². The quantitative estimate of drug-likeness (QED) is 0.231. The van der Waals surface area contributed by atoms with Crippen LogP contribution in [0.4, 0.5) is 5.69 Å². The number of benzene rings is 2. The molecule has 0 atom stereocenters. The Balaban J connectivity index is 2.10.